The third kappa shape index (κ3) is 3.19. The molecule has 3 N–H and O–H groups in total. The van der Waals surface area contributed by atoms with Crippen molar-refractivity contribution >= 4 is 23.2 Å². The fourth-order valence-corrected chi connectivity index (χ4v) is 1.66. The van der Waals surface area contributed by atoms with Crippen LogP contribution in [0.15, 0.2) is 30.3 Å². The molecule has 6 nitrogen and oxygen atoms in total. The van der Waals surface area contributed by atoms with Gasteiger partial charge in [-0.05, 0) is 24.3 Å². The zero-order valence-corrected chi connectivity index (χ0v) is 11.5. The Kier molecular flexibility index (Phi) is 4.22. The quantitative estimate of drug-likeness (QED) is 0.841. The topological polar surface area (TPSA) is 86.5 Å². The molecule has 1 aromatic carbocycles. The number of ether oxygens (including phenoxy) is 2. The van der Waals surface area contributed by atoms with E-state index in [0.29, 0.717) is 11.4 Å². The number of nitrogens with two attached hydrogens (primary N) is 1. The van der Waals surface area contributed by atoms with Crippen LogP contribution in [-0.2, 0) is 4.74 Å². The van der Waals surface area contributed by atoms with E-state index < -0.39 is 11.8 Å². The third-order valence-electron chi connectivity index (χ3n) is 2.73. The molecule has 7 heteroatoms. The molecule has 0 saturated carbocycles. The zero-order chi connectivity index (χ0) is 15.4. The van der Waals surface area contributed by atoms with Crippen LogP contribution in [0.1, 0.15) is 10.5 Å². The molecule has 0 aliphatic carbocycles. The molecule has 1 heterocycles. The van der Waals surface area contributed by atoms with Gasteiger partial charge < -0.3 is 20.5 Å². The molecule has 0 unspecified atom stereocenters. The van der Waals surface area contributed by atoms with Gasteiger partial charge in [-0.25, -0.2) is 14.2 Å². The van der Waals surface area contributed by atoms with E-state index in [2.05, 4.69) is 15.0 Å². The van der Waals surface area contributed by atoms with Gasteiger partial charge in [0.15, 0.2) is 23.1 Å². The van der Waals surface area contributed by atoms with Gasteiger partial charge in [0.1, 0.15) is 0 Å². The number of hydrogen-bond donors (Lipinski definition) is 2. The van der Waals surface area contributed by atoms with Crippen LogP contribution in [0.5, 0.6) is 5.75 Å². The number of pyridine rings is 1. The lowest BCUT2D eigenvalue weighted by Gasteiger charge is -2.11. The van der Waals surface area contributed by atoms with Crippen molar-refractivity contribution < 1.29 is 18.7 Å². The van der Waals surface area contributed by atoms with E-state index in [9.17, 15) is 9.18 Å². The van der Waals surface area contributed by atoms with Crippen LogP contribution in [0.25, 0.3) is 0 Å². The molecule has 2 rings (SSSR count). The van der Waals surface area contributed by atoms with E-state index in [-0.39, 0.29) is 17.3 Å². The Balaban J connectivity index is 2.32. The molecule has 0 saturated heterocycles. The van der Waals surface area contributed by atoms with Crippen LogP contribution in [0.3, 0.4) is 0 Å². The predicted molar refractivity (Wildman–Crippen MR) is 76.2 cm³/mol. The van der Waals surface area contributed by atoms with Crippen molar-refractivity contribution in [1.82, 2.24) is 4.98 Å². The van der Waals surface area contributed by atoms with Crippen LogP contribution in [0.2, 0.25) is 0 Å². The number of methoxy groups -OCH3 is 2. The third-order valence-corrected chi connectivity index (χ3v) is 2.73. The molecule has 0 amide bonds. The molecule has 21 heavy (non-hydrogen) atoms. The Labute approximate surface area is 120 Å². The van der Waals surface area contributed by atoms with Crippen molar-refractivity contribution in [3.05, 3.63) is 41.8 Å². The number of carbonyl (C=O) groups is 1. The van der Waals surface area contributed by atoms with Gasteiger partial charge in [-0.3, -0.25) is 0 Å². The zero-order valence-electron chi connectivity index (χ0n) is 11.5. The van der Waals surface area contributed by atoms with Crippen LogP contribution in [0, 0.1) is 5.82 Å². The maximum atomic E-state index is 13.3. The molecule has 1 aromatic heterocycles. The number of nitrogens with zero attached hydrogens (tertiary/aromatic N) is 1. The number of aromatic nitrogens is 1. The van der Waals surface area contributed by atoms with Crippen LogP contribution >= 0.6 is 0 Å². The first-order valence-electron chi connectivity index (χ1n) is 6.00. The molecular formula is C14H14FN3O3. The number of halogens is 1. The largest absolute Gasteiger partial charge is 0.494 e. The number of nitrogens with one attached hydrogen (secondary N) is 1. The summed E-state index contributed by atoms with van der Waals surface area (Å²) in [5, 5.41) is 2.90. The summed E-state index contributed by atoms with van der Waals surface area (Å²) in [5.74, 6) is -0.698. The maximum Gasteiger partial charge on any atom is 0.356 e. The Morgan fingerprint density at radius 2 is 2.05 bits per heavy atom. The van der Waals surface area contributed by atoms with Gasteiger partial charge in [0, 0.05) is 11.8 Å². The summed E-state index contributed by atoms with van der Waals surface area (Å²) < 4.78 is 22.8. The van der Waals surface area contributed by atoms with Gasteiger partial charge in [0.2, 0.25) is 0 Å². The van der Waals surface area contributed by atoms with Gasteiger partial charge in [-0.1, -0.05) is 0 Å². The highest BCUT2D eigenvalue weighted by Crippen LogP contribution is 2.26. The van der Waals surface area contributed by atoms with Crippen molar-refractivity contribution in [2.75, 3.05) is 25.3 Å². The molecule has 110 valence electrons. The van der Waals surface area contributed by atoms with Crippen LogP contribution in [0.4, 0.5) is 21.6 Å². The standard InChI is InChI=1S/C14H14FN3O3/c1-20-12-7-8(3-4-9(12)15)17-13-10(16)5-6-11(18-13)14(19)21-2/h3-7H,16H2,1-2H3,(H,17,18). The average molecular weight is 291 g/mol. The summed E-state index contributed by atoms with van der Waals surface area (Å²) >= 11 is 0. The van der Waals surface area contributed by atoms with E-state index in [1.165, 1.54) is 44.6 Å². The highest BCUT2D eigenvalue weighted by Gasteiger charge is 2.11. The maximum absolute atomic E-state index is 13.3. The van der Waals surface area contributed by atoms with Gasteiger partial charge in [0.25, 0.3) is 0 Å². The molecule has 0 radical (unpaired) electrons. The van der Waals surface area contributed by atoms with Crippen molar-refractivity contribution in [1.29, 1.82) is 0 Å². The highest BCUT2D eigenvalue weighted by atomic mass is 19.1. The fourth-order valence-electron chi connectivity index (χ4n) is 1.66. The van der Waals surface area contributed by atoms with E-state index in [1.807, 2.05) is 0 Å². The van der Waals surface area contributed by atoms with Gasteiger partial charge >= 0.3 is 5.97 Å². The lowest BCUT2D eigenvalue weighted by Crippen LogP contribution is -2.08. The second-order valence-electron chi connectivity index (χ2n) is 4.10. The SMILES string of the molecule is COC(=O)c1ccc(N)c(Nc2ccc(F)c(OC)c2)n1. The summed E-state index contributed by atoms with van der Waals surface area (Å²) in [6, 6.07) is 7.20. The van der Waals surface area contributed by atoms with Crippen molar-refractivity contribution in [3.8, 4) is 5.75 Å². The van der Waals surface area contributed by atoms with Crippen molar-refractivity contribution in [2.45, 2.75) is 0 Å². The first kappa shape index (κ1) is 14.6. The smallest absolute Gasteiger partial charge is 0.356 e. The minimum absolute atomic E-state index is 0.0858. The van der Waals surface area contributed by atoms with Crippen LogP contribution < -0.4 is 15.8 Å². The minimum atomic E-state index is -0.574. The minimum Gasteiger partial charge on any atom is -0.494 e. The second-order valence-corrected chi connectivity index (χ2v) is 4.10. The molecule has 0 bridgehead atoms. The lowest BCUT2D eigenvalue weighted by atomic mass is 10.2. The Bertz CT molecular complexity index is 677. The fraction of sp³-hybridized carbons (Fsp3) is 0.143. The van der Waals surface area contributed by atoms with Crippen LogP contribution in [-0.4, -0.2) is 25.2 Å². The lowest BCUT2D eigenvalue weighted by molar-refractivity contribution is 0.0594. The number of rotatable bonds is 4. The molecule has 0 aliphatic rings. The van der Waals surface area contributed by atoms with E-state index in [0.717, 1.165) is 0 Å². The summed E-state index contributed by atoms with van der Waals surface area (Å²) in [6.45, 7) is 0. The summed E-state index contributed by atoms with van der Waals surface area (Å²) in [7, 11) is 2.63. The molecule has 0 atom stereocenters. The van der Waals surface area contributed by atoms with Crippen molar-refractivity contribution in [3.63, 3.8) is 0 Å². The monoisotopic (exact) mass is 291 g/mol. The average Bonchev–Trinajstić information content (AvgIpc) is 2.50. The number of nitrogen functional groups attached to an aromatic ring is 1. The Morgan fingerprint density at radius 1 is 1.29 bits per heavy atom. The van der Waals surface area contributed by atoms with E-state index in [4.69, 9.17) is 10.5 Å². The second kappa shape index (κ2) is 6.08. The predicted octanol–water partition coefficient (Wildman–Crippen LogP) is 2.34. The number of benzene rings is 1. The van der Waals surface area contributed by atoms with Gasteiger partial charge in [-0.2, -0.15) is 0 Å². The molecule has 0 fully saturated rings. The molecule has 0 spiro atoms. The molecule has 0 aliphatic heterocycles. The van der Waals surface area contributed by atoms with E-state index in [1.54, 1.807) is 0 Å². The first-order valence-corrected chi connectivity index (χ1v) is 6.00. The number of anilines is 3. The first-order chi connectivity index (χ1) is 10.0. The summed E-state index contributed by atoms with van der Waals surface area (Å²) in [6.07, 6.45) is 0. The number of carbonyl (C=O) groups excluding carboxylic acids is 1. The normalized spacial score (nSPS) is 10.0. The van der Waals surface area contributed by atoms with E-state index >= 15 is 0 Å². The summed E-state index contributed by atoms with van der Waals surface area (Å²) in [5.41, 5.74) is 6.77. The highest BCUT2D eigenvalue weighted by molar-refractivity contribution is 5.88. The summed E-state index contributed by atoms with van der Waals surface area (Å²) in [4.78, 5) is 15.5. The Morgan fingerprint density at radius 3 is 2.71 bits per heavy atom. The van der Waals surface area contributed by atoms with Crippen molar-refractivity contribution in [2.24, 2.45) is 0 Å². The molecule has 2 aromatic rings. The van der Waals surface area contributed by atoms with Gasteiger partial charge in [-0.15, -0.1) is 0 Å². The number of hydrogen-bond acceptors (Lipinski definition) is 6. The van der Waals surface area contributed by atoms with Gasteiger partial charge in [0.05, 0.1) is 19.9 Å². The molecular weight excluding hydrogens is 277 g/mol. The number of esters is 1. The Hall–Kier alpha value is -2.83.